The number of benzene rings is 2. The van der Waals surface area contributed by atoms with Crippen molar-refractivity contribution in [3.05, 3.63) is 88.4 Å². The average Bonchev–Trinajstić information content (AvgIpc) is 3.15. The lowest BCUT2D eigenvalue weighted by molar-refractivity contribution is 0.685. The van der Waals surface area contributed by atoms with Gasteiger partial charge in [-0.25, -0.2) is 4.98 Å². The van der Waals surface area contributed by atoms with Gasteiger partial charge in [-0.1, -0.05) is 59.7 Å². The zero-order chi connectivity index (χ0) is 18.5. The Morgan fingerprint density at radius 1 is 1.04 bits per heavy atom. The highest BCUT2D eigenvalue weighted by molar-refractivity contribution is 8.24. The summed E-state index contributed by atoms with van der Waals surface area (Å²) in [4.78, 5) is 4.13. The molecule has 2 aromatic carbocycles. The zero-order valence-corrected chi connectivity index (χ0v) is 17.7. The highest BCUT2D eigenvalue weighted by Crippen LogP contribution is 2.38. The third-order valence-electron chi connectivity index (χ3n) is 3.85. The van der Waals surface area contributed by atoms with E-state index in [0.717, 1.165) is 26.9 Å². The Hall–Kier alpha value is -0.980. The minimum Gasteiger partial charge on any atom is -0.336 e. The molecule has 0 N–H and O–H groups in total. The summed E-state index contributed by atoms with van der Waals surface area (Å²) in [6.45, 7) is 0.757. The molecule has 0 aliphatic heterocycles. The molecule has 0 bridgehead atoms. The molecule has 2 nitrogen and oxygen atoms in total. The van der Waals surface area contributed by atoms with Gasteiger partial charge >= 0.3 is 0 Å². The summed E-state index contributed by atoms with van der Waals surface area (Å²) in [6, 6.07) is 15.5. The lowest BCUT2D eigenvalue weighted by Gasteiger charge is -2.21. The predicted octanol–water partition coefficient (Wildman–Crippen LogP) is 6.66. The van der Waals surface area contributed by atoms with Crippen LogP contribution in [0.2, 0.25) is 10.0 Å². The summed E-state index contributed by atoms with van der Waals surface area (Å²) in [7, 11) is 0. The number of thiol groups is 1. The standard InChI is InChI=1S/C19H16Cl2N2S3/c20-15-5-1-13(2-6-15)17(11-23-10-9-22-12-23)26-19(25)18(24)14-3-7-16(21)8-4-14/h1-10,12,17-18,24H,11H2. The van der Waals surface area contributed by atoms with Crippen LogP contribution in [-0.2, 0) is 6.54 Å². The topological polar surface area (TPSA) is 17.8 Å². The molecule has 0 saturated carbocycles. The van der Waals surface area contributed by atoms with E-state index in [0.29, 0.717) is 5.02 Å². The van der Waals surface area contributed by atoms with Crippen LogP contribution in [0.4, 0.5) is 0 Å². The van der Waals surface area contributed by atoms with Crippen molar-refractivity contribution in [3.8, 4) is 0 Å². The first-order chi connectivity index (χ1) is 12.5. The first-order valence-electron chi connectivity index (χ1n) is 7.88. The summed E-state index contributed by atoms with van der Waals surface area (Å²) in [5.41, 5.74) is 2.19. The van der Waals surface area contributed by atoms with E-state index in [2.05, 4.69) is 4.98 Å². The Morgan fingerprint density at radius 2 is 1.62 bits per heavy atom. The molecule has 0 aliphatic rings. The van der Waals surface area contributed by atoms with Crippen molar-refractivity contribution in [2.75, 3.05) is 0 Å². The number of hydrogen-bond donors (Lipinski definition) is 1. The Labute approximate surface area is 178 Å². The first-order valence-corrected chi connectivity index (χ1v) is 10.4. The summed E-state index contributed by atoms with van der Waals surface area (Å²) in [5.74, 6) is 0. The van der Waals surface area contributed by atoms with E-state index >= 15 is 0 Å². The number of hydrogen-bond acceptors (Lipinski definition) is 4. The Kier molecular flexibility index (Phi) is 7.06. The van der Waals surface area contributed by atoms with Gasteiger partial charge in [0.15, 0.2) is 0 Å². The predicted molar refractivity (Wildman–Crippen MR) is 120 cm³/mol. The van der Waals surface area contributed by atoms with Gasteiger partial charge in [0.1, 0.15) is 0 Å². The fraction of sp³-hybridized carbons (Fsp3) is 0.158. The number of nitrogens with zero attached hydrogens (tertiary/aromatic N) is 2. The lowest BCUT2D eigenvalue weighted by Crippen LogP contribution is -2.09. The smallest absolute Gasteiger partial charge is 0.0946 e. The number of thiocarbonyl (C=S) groups is 1. The van der Waals surface area contributed by atoms with Crippen molar-refractivity contribution in [2.24, 2.45) is 0 Å². The summed E-state index contributed by atoms with van der Waals surface area (Å²) < 4.78 is 2.86. The van der Waals surface area contributed by atoms with Crippen LogP contribution in [0.15, 0.2) is 67.3 Å². The molecular formula is C19H16Cl2N2S3. The molecule has 2 atom stereocenters. The molecular weight excluding hydrogens is 423 g/mol. The molecule has 0 radical (unpaired) electrons. The van der Waals surface area contributed by atoms with Crippen LogP contribution in [-0.4, -0.2) is 13.7 Å². The molecule has 0 amide bonds. The third kappa shape index (κ3) is 5.27. The third-order valence-corrected chi connectivity index (χ3v) is 6.95. The van der Waals surface area contributed by atoms with Crippen molar-refractivity contribution in [1.82, 2.24) is 9.55 Å². The molecule has 0 aliphatic carbocycles. The Balaban J connectivity index is 1.78. The largest absolute Gasteiger partial charge is 0.336 e. The summed E-state index contributed by atoms with van der Waals surface area (Å²) in [5, 5.41) is 1.41. The highest BCUT2D eigenvalue weighted by atomic mass is 35.5. The molecule has 134 valence electrons. The van der Waals surface area contributed by atoms with Crippen LogP contribution in [0.25, 0.3) is 0 Å². The van der Waals surface area contributed by atoms with Crippen molar-refractivity contribution in [1.29, 1.82) is 0 Å². The maximum absolute atomic E-state index is 6.04. The molecule has 1 aromatic heterocycles. The van der Waals surface area contributed by atoms with Crippen LogP contribution in [0.1, 0.15) is 21.6 Å². The van der Waals surface area contributed by atoms with Gasteiger partial charge in [-0.3, -0.25) is 0 Å². The van der Waals surface area contributed by atoms with Gasteiger partial charge in [0, 0.05) is 29.0 Å². The monoisotopic (exact) mass is 438 g/mol. The normalized spacial score (nSPS) is 13.3. The van der Waals surface area contributed by atoms with Gasteiger partial charge in [-0.2, -0.15) is 12.6 Å². The maximum Gasteiger partial charge on any atom is 0.0946 e. The minimum absolute atomic E-state index is 0.135. The summed E-state index contributed by atoms with van der Waals surface area (Å²) >= 11 is 24.1. The number of rotatable bonds is 6. The van der Waals surface area contributed by atoms with Crippen molar-refractivity contribution in [3.63, 3.8) is 0 Å². The second kappa shape index (κ2) is 9.29. The lowest BCUT2D eigenvalue weighted by atomic mass is 10.1. The van der Waals surface area contributed by atoms with Gasteiger partial charge in [-0.05, 0) is 35.4 Å². The van der Waals surface area contributed by atoms with Gasteiger partial charge in [0.05, 0.1) is 21.0 Å². The van der Waals surface area contributed by atoms with Crippen LogP contribution in [0.3, 0.4) is 0 Å². The van der Waals surface area contributed by atoms with Gasteiger partial charge < -0.3 is 4.57 Å². The number of thioether (sulfide) groups is 1. The van der Waals surface area contributed by atoms with E-state index in [1.54, 1.807) is 18.0 Å². The molecule has 3 aromatic rings. The number of imidazole rings is 1. The molecule has 3 rings (SSSR count). The second-order valence-corrected chi connectivity index (χ2v) is 9.02. The number of aromatic nitrogens is 2. The molecule has 2 unspecified atom stereocenters. The first kappa shape index (κ1) is 19.8. The van der Waals surface area contributed by atoms with Crippen LogP contribution in [0, 0.1) is 0 Å². The van der Waals surface area contributed by atoms with Crippen LogP contribution < -0.4 is 0 Å². The molecule has 0 saturated heterocycles. The van der Waals surface area contributed by atoms with Crippen LogP contribution in [0.5, 0.6) is 0 Å². The second-order valence-electron chi connectivity index (χ2n) is 5.69. The van der Waals surface area contributed by atoms with Gasteiger partial charge in [0.25, 0.3) is 0 Å². The average molecular weight is 439 g/mol. The van der Waals surface area contributed by atoms with E-state index in [4.69, 9.17) is 48.0 Å². The van der Waals surface area contributed by atoms with E-state index in [9.17, 15) is 0 Å². The van der Waals surface area contributed by atoms with E-state index in [1.165, 1.54) is 0 Å². The van der Waals surface area contributed by atoms with Crippen molar-refractivity contribution in [2.45, 2.75) is 17.0 Å². The molecule has 0 spiro atoms. The minimum atomic E-state index is -0.148. The van der Waals surface area contributed by atoms with Crippen LogP contribution >= 0.6 is 59.8 Å². The maximum atomic E-state index is 6.04. The zero-order valence-electron chi connectivity index (χ0n) is 13.6. The molecule has 0 fully saturated rings. The fourth-order valence-corrected chi connectivity index (χ4v) is 4.64. The Bertz CT molecular complexity index is 850. The molecule has 26 heavy (non-hydrogen) atoms. The number of halogens is 2. The van der Waals surface area contributed by atoms with E-state index < -0.39 is 0 Å². The molecule has 1 heterocycles. The highest BCUT2D eigenvalue weighted by Gasteiger charge is 2.20. The van der Waals surface area contributed by atoms with Crippen molar-refractivity contribution < 1.29 is 0 Å². The fourth-order valence-electron chi connectivity index (χ4n) is 2.46. The molecule has 7 heteroatoms. The Morgan fingerprint density at radius 3 is 2.15 bits per heavy atom. The van der Waals surface area contributed by atoms with E-state index in [1.807, 2.05) is 65.6 Å². The summed E-state index contributed by atoms with van der Waals surface area (Å²) in [6.07, 6.45) is 5.53. The van der Waals surface area contributed by atoms with Gasteiger partial charge in [0.2, 0.25) is 0 Å². The van der Waals surface area contributed by atoms with E-state index in [-0.39, 0.29) is 10.5 Å². The SMILES string of the molecule is S=C(SC(Cn1ccnc1)c1ccc(Cl)cc1)C(S)c1ccc(Cl)cc1. The van der Waals surface area contributed by atoms with Crippen molar-refractivity contribution >= 4 is 64.0 Å². The van der Waals surface area contributed by atoms with Gasteiger partial charge in [-0.15, -0.1) is 11.8 Å². The quantitative estimate of drug-likeness (QED) is 0.342.